The predicted octanol–water partition coefficient (Wildman–Crippen LogP) is 1.85. The van der Waals surface area contributed by atoms with Gasteiger partial charge in [0.25, 0.3) is 0 Å². The molecule has 2 aromatic carbocycles. The molecule has 0 aliphatic heterocycles. The molecule has 154 valence electrons. The number of carboxylic acids is 1. The zero-order valence-corrected chi connectivity index (χ0v) is 17.0. The van der Waals surface area contributed by atoms with Gasteiger partial charge in [0.05, 0.1) is 6.61 Å². The molecule has 0 aromatic heterocycles. The van der Waals surface area contributed by atoms with Gasteiger partial charge >= 0.3 is 12.1 Å². The highest BCUT2D eigenvalue weighted by Crippen LogP contribution is 2.17. The van der Waals surface area contributed by atoms with Gasteiger partial charge in [0, 0.05) is 10.9 Å². The first-order valence-corrected chi connectivity index (χ1v) is 9.54. The number of hydrogen-bond acceptors (Lipinski definition) is 5. The summed E-state index contributed by atoms with van der Waals surface area (Å²) in [6.45, 7) is -0.722. The molecule has 0 fully saturated rings. The van der Waals surface area contributed by atoms with Crippen LogP contribution in [0, 0.1) is 0 Å². The first-order chi connectivity index (χ1) is 13.9. The Morgan fingerprint density at radius 2 is 1.62 bits per heavy atom. The van der Waals surface area contributed by atoms with Crippen LogP contribution in [-0.4, -0.2) is 46.9 Å². The third-order valence-corrected chi connectivity index (χ3v) is 4.77. The lowest BCUT2D eigenvalue weighted by Gasteiger charge is -2.20. The average Bonchev–Trinajstić information content (AvgIpc) is 2.72. The number of aliphatic hydroxyl groups excluding tert-OH is 1. The Morgan fingerprint density at radius 1 is 0.966 bits per heavy atom. The van der Waals surface area contributed by atoms with Crippen molar-refractivity contribution in [1.82, 2.24) is 10.6 Å². The summed E-state index contributed by atoms with van der Waals surface area (Å²) < 4.78 is 5.72. The SMILES string of the molecule is O=C(N[C@@H](CO)C(=O)N[C@H](Cc1ccccc1Br)C(=O)O)OCc1ccccc1. The number of rotatable bonds is 9. The van der Waals surface area contributed by atoms with E-state index in [1.807, 2.05) is 6.07 Å². The number of amides is 2. The maximum Gasteiger partial charge on any atom is 0.408 e. The van der Waals surface area contributed by atoms with Crippen LogP contribution in [0.15, 0.2) is 59.1 Å². The number of carbonyl (C=O) groups is 3. The lowest BCUT2D eigenvalue weighted by Crippen LogP contribution is -2.53. The Labute approximate surface area is 176 Å². The van der Waals surface area contributed by atoms with E-state index in [4.69, 9.17) is 4.74 Å². The van der Waals surface area contributed by atoms with Crippen LogP contribution in [0.25, 0.3) is 0 Å². The van der Waals surface area contributed by atoms with E-state index in [0.29, 0.717) is 10.0 Å². The molecule has 0 saturated heterocycles. The van der Waals surface area contributed by atoms with Gasteiger partial charge in [-0.1, -0.05) is 64.5 Å². The minimum atomic E-state index is -1.35. The molecule has 0 aliphatic carbocycles. The number of halogens is 1. The summed E-state index contributed by atoms with van der Waals surface area (Å²) in [4.78, 5) is 35.8. The minimum absolute atomic E-state index is 0.00771. The largest absolute Gasteiger partial charge is 0.480 e. The third-order valence-electron chi connectivity index (χ3n) is 4.00. The van der Waals surface area contributed by atoms with Crippen LogP contribution < -0.4 is 10.6 Å². The summed E-state index contributed by atoms with van der Waals surface area (Å²) >= 11 is 3.33. The average molecular weight is 465 g/mol. The van der Waals surface area contributed by atoms with E-state index in [9.17, 15) is 24.6 Å². The Bertz CT molecular complexity index is 846. The molecule has 29 heavy (non-hydrogen) atoms. The van der Waals surface area contributed by atoms with Gasteiger partial charge in [0.1, 0.15) is 18.7 Å². The molecule has 0 aliphatic rings. The zero-order chi connectivity index (χ0) is 21.2. The number of aliphatic hydroxyl groups is 1. The number of carbonyl (C=O) groups excluding carboxylic acids is 2. The van der Waals surface area contributed by atoms with Crippen molar-refractivity contribution >= 4 is 33.9 Å². The number of ether oxygens (including phenoxy) is 1. The fourth-order valence-electron chi connectivity index (χ4n) is 2.46. The van der Waals surface area contributed by atoms with E-state index in [2.05, 4.69) is 26.6 Å². The molecule has 0 radical (unpaired) electrons. The summed E-state index contributed by atoms with van der Waals surface area (Å²) in [6.07, 6.45) is -0.875. The summed E-state index contributed by atoms with van der Waals surface area (Å²) in [5.74, 6) is -2.07. The van der Waals surface area contributed by atoms with Crippen molar-refractivity contribution in [3.05, 3.63) is 70.2 Å². The van der Waals surface area contributed by atoms with E-state index < -0.39 is 36.7 Å². The molecule has 4 N–H and O–H groups in total. The fraction of sp³-hybridized carbons (Fsp3) is 0.250. The normalized spacial score (nSPS) is 12.5. The van der Waals surface area contributed by atoms with Crippen LogP contribution in [-0.2, 0) is 27.4 Å². The van der Waals surface area contributed by atoms with Gasteiger partial charge in [-0.05, 0) is 17.2 Å². The van der Waals surface area contributed by atoms with E-state index in [1.165, 1.54) is 0 Å². The molecule has 2 amide bonds. The quantitative estimate of drug-likeness (QED) is 0.448. The molecule has 2 aromatic rings. The van der Waals surface area contributed by atoms with Crippen molar-refractivity contribution < 1.29 is 29.3 Å². The Hall–Kier alpha value is -2.91. The van der Waals surface area contributed by atoms with Crippen LogP contribution in [0.4, 0.5) is 4.79 Å². The molecule has 9 heteroatoms. The van der Waals surface area contributed by atoms with Crippen molar-refractivity contribution in [3.8, 4) is 0 Å². The summed E-state index contributed by atoms with van der Waals surface area (Å²) in [5, 5.41) is 23.4. The monoisotopic (exact) mass is 464 g/mol. The molecular formula is C20H21BrN2O6. The Morgan fingerprint density at radius 3 is 2.24 bits per heavy atom. The van der Waals surface area contributed by atoms with Crippen LogP contribution in [0.5, 0.6) is 0 Å². The Kier molecular flexibility index (Phi) is 8.63. The molecule has 0 spiro atoms. The molecular weight excluding hydrogens is 444 g/mol. The number of nitrogens with one attached hydrogen (secondary N) is 2. The predicted molar refractivity (Wildman–Crippen MR) is 108 cm³/mol. The van der Waals surface area contributed by atoms with Crippen molar-refractivity contribution in [3.63, 3.8) is 0 Å². The van der Waals surface area contributed by atoms with Crippen molar-refractivity contribution in [2.75, 3.05) is 6.61 Å². The van der Waals surface area contributed by atoms with Crippen molar-refractivity contribution in [1.29, 1.82) is 0 Å². The highest BCUT2D eigenvalue weighted by molar-refractivity contribution is 9.10. The van der Waals surface area contributed by atoms with Crippen LogP contribution in [0.1, 0.15) is 11.1 Å². The lowest BCUT2D eigenvalue weighted by atomic mass is 10.1. The van der Waals surface area contributed by atoms with E-state index >= 15 is 0 Å². The molecule has 0 saturated carbocycles. The van der Waals surface area contributed by atoms with E-state index in [0.717, 1.165) is 5.56 Å². The second-order valence-corrected chi connectivity index (χ2v) is 6.99. The lowest BCUT2D eigenvalue weighted by molar-refractivity contribution is -0.142. The van der Waals surface area contributed by atoms with Gasteiger partial charge in [-0.15, -0.1) is 0 Å². The molecule has 0 heterocycles. The molecule has 0 bridgehead atoms. The molecule has 2 atom stereocenters. The van der Waals surface area contributed by atoms with Crippen LogP contribution in [0.2, 0.25) is 0 Å². The van der Waals surface area contributed by atoms with Gasteiger partial charge < -0.3 is 25.6 Å². The molecule has 2 rings (SSSR count). The van der Waals surface area contributed by atoms with Crippen LogP contribution >= 0.6 is 15.9 Å². The van der Waals surface area contributed by atoms with Gasteiger partial charge in [0.15, 0.2) is 0 Å². The summed E-state index contributed by atoms with van der Waals surface area (Å²) in [5.41, 5.74) is 1.45. The number of benzene rings is 2. The van der Waals surface area contributed by atoms with E-state index in [-0.39, 0.29) is 13.0 Å². The zero-order valence-electron chi connectivity index (χ0n) is 15.4. The van der Waals surface area contributed by atoms with Crippen LogP contribution in [0.3, 0.4) is 0 Å². The van der Waals surface area contributed by atoms with Crippen molar-refractivity contribution in [2.24, 2.45) is 0 Å². The van der Waals surface area contributed by atoms with Gasteiger partial charge in [0.2, 0.25) is 5.91 Å². The second-order valence-electron chi connectivity index (χ2n) is 6.14. The smallest absolute Gasteiger partial charge is 0.408 e. The number of carboxylic acid groups (broad SMARTS) is 1. The van der Waals surface area contributed by atoms with Gasteiger partial charge in [-0.2, -0.15) is 0 Å². The topological polar surface area (TPSA) is 125 Å². The molecule has 8 nitrogen and oxygen atoms in total. The summed E-state index contributed by atoms with van der Waals surface area (Å²) in [7, 11) is 0. The van der Waals surface area contributed by atoms with E-state index in [1.54, 1.807) is 48.5 Å². The first kappa shape index (κ1) is 22.4. The highest BCUT2D eigenvalue weighted by atomic mass is 79.9. The van der Waals surface area contributed by atoms with Crippen molar-refractivity contribution in [2.45, 2.75) is 25.1 Å². The third kappa shape index (κ3) is 7.20. The standard InChI is InChI=1S/C20H21BrN2O6/c21-15-9-5-4-8-14(15)10-16(19(26)27)22-18(25)17(11-24)23-20(28)29-12-13-6-2-1-3-7-13/h1-9,16-17,24H,10-12H2,(H,22,25)(H,23,28)(H,26,27)/t16-,17+/m1/s1. The maximum atomic E-state index is 12.4. The Balaban J connectivity index is 1.93. The minimum Gasteiger partial charge on any atom is -0.480 e. The number of hydrogen-bond donors (Lipinski definition) is 4. The first-order valence-electron chi connectivity index (χ1n) is 8.75. The number of aliphatic carboxylic acids is 1. The van der Waals surface area contributed by atoms with Gasteiger partial charge in [-0.25, -0.2) is 9.59 Å². The molecule has 0 unspecified atom stereocenters. The maximum absolute atomic E-state index is 12.4. The van der Waals surface area contributed by atoms with Gasteiger partial charge in [-0.3, -0.25) is 4.79 Å². The highest BCUT2D eigenvalue weighted by Gasteiger charge is 2.27. The second kappa shape index (κ2) is 11.2. The fourth-order valence-corrected chi connectivity index (χ4v) is 2.90. The summed E-state index contributed by atoms with van der Waals surface area (Å²) in [6, 6.07) is 13.4. The number of alkyl carbamates (subject to hydrolysis) is 1.